The summed E-state index contributed by atoms with van der Waals surface area (Å²) in [4.78, 5) is 24.0. The molecule has 4 nitrogen and oxygen atoms in total. The van der Waals surface area contributed by atoms with E-state index in [-0.39, 0.29) is 5.91 Å². The highest BCUT2D eigenvalue weighted by molar-refractivity contribution is 7.10. The predicted octanol–water partition coefficient (Wildman–Crippen LogP) is 2.92. The zero-order valence-corrected chi connectivity index (χ0v) is 12.0. The molecule has 2 aromatic rings. The van der Waals surface area contributed by atoms with E-state index in [0.717, 1.165) is 11.1 Å². The van der Waals surface area contributed by atoms with Crippen molar-refractivity contribution in [2.45, 2.75) is 19.9 Å². The fourth-order valence-corrected chi connectivity index (χ4v) is 2.57. The largest absolute Gasteiger partial charge is 0.479 e. The lowest BCUT2D eigenvalue weighted by atomic mass is 10.1. The van der Waals surface area contributed by atoms with Gasteiger partial charge in [0.2, 0.25) is 0 Å². The molecule has 2 N–H and O–H groups in total. The Labute approximate surface area is 121 Å². The SMILES string of the molecule is Cc1ccc(C(=O)NC(C(=O)O)c2cccs2)cc1C. The Morgan fingerprint density at radius 3 is 2.50 bits per heavy atom. The number of hydrogen-bond acceptors (Lipinski definition) is 3. The van der Waals surface area contributed by atoms with E-state index in [9.17, 15) is 14.7 Å². The van der Waals surface area contributed by atoms with E-state index in [1.54, 1.807) is 29.6 Å². The molecule has 1 amide bonds. The number of thiophene rings is 1. The number of benzene rings is 1. The summed E-state index contributed by atoms with van der Waals surface area (Å²) in [7, 11) is 0. The van der Waals surface area contributed by atoms with Gasteiger partial charge in [0, 0.05) is 10.4 Å². The Morgan fingerprint density at radius 1 is 1.20 bits per heavy atom. The molecule has 1 atom stereocenters. The van der Waals surface area contributed by atoms with E-state index >= 15 is 0 Å². The topological polar surface area (TPSA) is 66.4 Å². The van der Waals surface area contributed by atoms with Crippen LogP contribution in [0.1, 0.15) is 32.4 Å². The minimum absolute atomic E-state index is 0.381. The van der Waals surface area contributed by atoms with E-state index in [2.05, 4.69) is 5.32 Å². The van der Waals surface area contributed by atoms with Gasteiger partial charge in [0.15, 0.2) is 6.04 Å². The number of carboxylic acid groups (broad SMARTS) is 1. The summed E-state index contributed by atoms with van der Waals surface area (Å²) in [5, 5.41) is 13.6. The van der Waals surface area contributed by atoms with Crippen molar-refractivity contribution in [3.8, 4) is 0 Å². The van der Waals surface area contributed by atoms with Gasteiger partial charge in [0.25, 0.3) is 5.91 Å². The van der Waals surface area contributed by atoms with Crippen molar-refractivity contribution < 1.29 is 14.7 Å². The third-order valence-electron chi connectivity index (χ3n) is 3.12. The van der Waals surface area contributed by atoms with Gasteiger partial charge in [-0.25, -0.2) is 4.79 Å². The molecule has 0 saturated heterocycles. The van der Waals surface area contributed by atoms with Gasteiger partial charge in [-0.05, 0) is 48.6 Å². The first-order valence-electron chi connectivity index (χ1n) is 6.13. The lowest BCUT2D eigenvalue weighted by Crippen LogP contribution is -2.33. The van der Waals surface area contributed by atoms with Crippen molar-refractivity contribution in [2.24, 2.45) is 0 Å². The average Bonchev–Trinajstić information content (AvgIpc) is 2.92. The van der Waals surface area contributed by atoms with Gasteiger partial charge >= 0.3 is 5.97 Å². The number of hydrogen-bond donors (Lipinski definition) is 2. The molecule has 0 radical (unpaired) electrons. The van der Waals surface area contributed by atoms with Crippen LogP contribution in [0.2, 0.25) is 0 Å². The molecule has 1 heterocycles. The highest BCUT2D eigenvalue weighted by Crippen LogP contribution is 2.20. The normalized spacial score (nSPS) is 11.9. The molecule has 20 heavy (non-hydrogen) atoms. The lowest BCUT2D eigenvalue weighted by Gasteiger charge is -2.13. The molecule has 1 aromatic carbocycles. The van der Waals surface area contributed by atoms with Crippen LogP contribution < -0.4 is 5.32 Å². The number of carboxylic acids is 1. The van der Waals surface area contributed by atoms with Crippen molar-refractivity contribution in [3.05, 3.63) is 57.3 Å². The molecule has 1 aromatic heterocycles. The van der Waals surface area contributed by atoms with Crippen molar-refractivity contribution in [1.29, 1.82) is 0 Å². The van der Waals surface area contributed by atoms with Gasteiger partial charge in [0.1, 0.15) is 0 Å². The third kappa shape index (κ3) is 3.05. The fourth-order valence-electron chi connectivity index (χ4n) is 1.81. The molecule has 0 aliphatic heterocycles. The van der Waals surface area contributed by atoms with Crippen LogP contribution in [-0.2, 0) is 4.79 Å². The van der Waals surface area contributed by atoms with Crippen LogP contribution in [0.3, 0.4) is 0 Å². The third-order valence-corrected chi connectivity index (χ3v) is 4.06. The number of rotatable bonds is 4. The first-order valence-corrected chi connectivity index (χ1v) is 7.01. The van der Waals surface area contributed by atoms with Crippen LogP contribution in [-0.4, -0.2) is 17.0 Å². The van der Waals surface area contributed by atoms with Crippen LogP contribution >= 0.6 is 11.3 Å². The first-order chi connectivity index (χ1) is 9.49. The predicted molar refractivity (Wildman–Crippen MR) is 78.1 cm³/mol. The summed E-state index contributed by atoms with van der Waals surface area (Å²) in [5.74, 6) is -1.45. The summed E-state index contributed by atoms with van der Waals surface area (Å²) in [5.41, 5.74) is 2.56. The maximum atomic E-state index is 12.1. The summed E-state index contributed by atoms with van der Waals surface area (Å²) in [6.45, 7) is 3.88. The van der Waals surface area contributed by atoms with E-state index in [1.807, 2.05) is 19.9 Å². The van der Waals surface area contributed by atoms with Crippen molar-refractivity contribution in [2.75, 3.05) is 0 Å². The number of aliphatic carboxylic acids is 1. The van der Waals surface area contributed by atoms with E-state index in [1.165, 1.54) is 11.3 Å². The summed E-state index contributed by atoms with van der Waals surface area (Å²) in [6, 6.07) is 7.76. The van der Waals surface area contributed by atoms with E-state index in [4.69, 9.17) is 0 Å². The Morgan fingerprint density at radius 2 is 1.95 bits per heavy atom. The minimum Gasteiger partial charge on any atom is -0.479 e. The zero-order valence-electron chi connectivity index (χ0n) is 11.2. The van der Waals surface area contributed by atoms with Crippen LogP contribution in [0.15, 0.2) is 35.7 Å². The Bertz CT molecular complexity index is 635. The summed E-state index contributed by atoms with van der Waals surface area (Å²) < 4.78 is 0. The number of nitrogens with one attached hydrogen (secondary N) is 1. The Balaban J connectivity index is 2.20. The Hall–Kier alpha value is -2.14. The fraction of sp³-hybridized carbons (Fsp3) is 0.200. The van der Waals surface area contributed by atoms with E-state index in [0.29, 0.717) is 10.4 Å². The summed E-state index contributed by atoms with van der Waals surface area (Å²) in [6.07, 6.45) is 0. The average molecular weight is 289 g/mol. The minimum atomic E-state index is -1.07. The Kier molecular flexibility index (Phi) is 4.20. The molecule has 0 bridgehead atoms. The molecule has 0 fully saturated rings. The van der Waals surface area contributed by atoms with Gasteiger partial charge < -0.3 is 10.4 Å². The second-order valence-corrected chi connectivity index (χ2v) is 5.54. The molecule has 0 aliphatic rings. The van der Waals surface area contributed by atoms with E-state index < -0.39 is 12.0 Å². The standard InChI is InChI=1S/C15H15NO3S/c1-9-5-6-11(8-10(9)2)14(17)16-13(15(18)19)12-4-3-7-20-12/h3-8,13H,1-2H3,(H,16,17)(H,18,19). The molecule has 0 aliphatic carbocycles. The second-order valence-electron chi connectivity index (χ2n) is 4.56. The first kappa shape index (κ1) is 14.3. The van der Waals surface area contributed by atoms with Gasteiger partial charge in [0.05, 0.1) is 0 Å². The highest BCUT2D eigenvalue weighted by atomic mass is 32.1. The second kappa shape index (κ2) is 5.88. The number of carbonyl (C=O) groups is 2. The van der Waals surface area contributed by atoms with Crippen LogP contribution in [0, 0.1) is 13.8 Å². The van der Waals surface area contributed by atoms with Crippen molar-refractivity contribution in [1.82, 2.24) is 5.32 Å². The van der Waals surface area contributed by atoms with Crippen molar-refractivity contribution >= 4 is 23.2 Å². The number of carbonyl (C=O) groups excluding carboxylic acids is 1. The van der Waals surface area contributed by atoms with Gasteiger partial charge in [-0.1, -0.05) is 12.1 Å². The molecular weight excluding hydrogens is 274 g/mol. The molecular formula is C15H15NO3S. The van der Waals surface area contributed by atoms with Gasteiger partial charge in [-0.15, -0.1) is 11.3 Å². The van der Waals surface area contributed by atoms with Crippen molar-refractivity contribution in [3.63, 3.8) is 0 Å². The smallest absolute Gasteiger partial charge is 0.331 e. The van der Waals surface area contributed by atoms with Crippen LogP contribution in [0.25, 0.3) is 0 Å². The quantitative estimate of drug-likeness (QED) is 0.909. The molecule has 0 saturated carbocycles. The maximum Gasteiger partial charge on any atom is 0.331 e. The lowest BCUT2D eigenvalue weighted by molar-refractivity contribution is -0.139. The monoisotopic (exact) mass is 289 g/mol. The van der Waals surface area contributed by atoms with Crippen LogP contribution in [0.4, 0.5) is 0 Å². The molecule has 2 rings (SSSR count). The molecule has 1 unspecified atom stereocenters. The number of aryl methyl sites for hydroxylation is 2. The molecule has 5 heteroatoms. The maximum absolute atomic E-state index is 12.1. The summed E-state index contributed by atoms with van der Waals surface area (Å²) >= 11 is 1.31. The van der Waals surface area contributed by atoms with Gasteiger partial charge in [-0.3, -0.25) is 4.79 Å². The molecule has 104 valence electrons. The highest BCUT2D eigenvalue weighted by Gasteiger charge is 2.23. The van der Waals surface area contributed by atoms with Gasteiger partial charge in [-0.2, -0.15) is 0 Å². The van der Waals surface area contributed by atoms with Crippen LogP contribution in [0.5, 0.6) is 0 Å². The molecule has 0 spiro atoms. The zero-order chi connectivity index (χ0) is 14.7. The number of amides is 1.